The molecule has 2 heterocycles. The zero-order valence-corrected chi connectivity index (χ0v) is 12.6. The summed E-state index contributed by atoms with van der Waals surface area (Å²) in [4.78, 5) is 21.6. The molecule has 1 aromatic rings. The highest BCUT2D eigenvalue weighted by molar-refractivity contribution is 5.75. The van der Waals surface area contributed by atoms with Gasteiger partial charge in [-0.3, -0.25) is 9.69 Å². The second-order valence-corrected chi connectivity index (χ2v) is 5.73. The van der Waals surface area contributed by atoms with E-state index in [0.717, 1.165) is 38.3 Å². The topological polar surface area (TPSA) is 61.0 Å². The van der Waals surface area contributed by atoms with E-state index >= 15 is 0 Å². The molecule has 0 aromatic carbocycles. The van der Waals surface area contributed by atoms with E-state index in [1.807, 2.05) is 6.20 Å². The fraction of sp³-hybridized carbons (Fsp3) is 0.733. The van der Waals surface area contributed by atoms with Crippen LogP contribution in [0.5, 0.6) is 0 Å². The molecule has 20 heavy (non-hydrogen) atoms. The van der Waals surface area contributed by atoms with Crippen molar-refractivity contribution in [3.05, 3.63) is 17.7 Å². The molecule has 0 aliphatic carbocycles. The molecule has 2 rings (SSSR count). The van der Waals surface area contributed by atoms with E-state index in [9.17, 15) is 4.79 Å². The minimum absolute atomic E-state index is 0.153. The van der Waals surface area contributed by atoms with Crippen LogP contribution in [0.25, 0.3) is 0 Å². The summed E-state index contributed by atoms with van der Waals surface area (Å²) in [5.41, 5.74) is 1.19. The molecule has 0 bridgehead atoms. The third-order valence-corrected chi connectivity index (χ3v) is 3.97. The van der Waals surface area contributed by atoms with Crippen molar-refractivity contribution in [1.82, 2.24) is 20.2 Å². The van der Waals surface area contributed by atoms with Crippen molar-refractivity contribution in [2.45, 2.75) is 45.6 Å². The SMILES string of the molecule is CCCCc1ncc(CN2CC[C@@H](CC(=O)NC)C2)[nH]1. The van der Waals surface area contributed by atoms with Gasteiger partial charge >= 0.3 is 0 Å². The molecule has 1 saturated heterocycles. The molecule has 1 aliphatic heterocycles. The monoisotopic (exact) mass is 278 g/mol. The Morgan fingerprint density at radius 1 is 1.60 bits per heavy atom. The normalized spacial score (nSPS) is 19.4. The van der Waals surface area contributed by atoms with Crippen molar-refractivity contribution in [3.63, 3.8) is 0 Å². The van der Waals surface area contributed by atoms with Gasteiger partial charge < -0.3 is 10.3 Å². The first-order valence-electron chi connectivity index (χ1n) is 7.67. The predicted octanol–water partition coefficient (Wildman–Crippen LogP) is 1.71. The first kappa shape index (κ1) is 15.0. The molecule has 0 unspecified atom stereocenters. The maximum atomic E-state index is 11.4. The maximum absolute atomic E-state index is 11.4. The number of imidazole rings is 1. The van der Waals surface area contributed by atoms with E-state index < -0.39 is 0 Å². The number of aromatic nitrogens is 2. The van der Waals surface area contributed by atoms with E-state index in [0.29, 0.717) is 12.3 Å². The summed E-state index contributed by atoms with van der Waals surface area (Å²) in [7, 11) is 1.71. The number of hydrogen-bond acceptors (Lipinski definition) is 3. The molecular weight excluding hydrogens is 252 g/mol. The van der Waals surface area contributed by atoms with Crippen LogP contribution in [-0.4, -0.2) is 40.9 Å². The van der Waals surface area contributed by atoms with Crippen LogP contribution in [0.3, 0.4) is 0 Å². The number of rotatable bonds is 7. The molecule has 0 radical (unpaired) electrons. The van der Waals surface area contributed by atoms with E-state index in [4.69, 9.17) is 0 Å². The number of carbonyl (C=O) groups is 1. The number of nitrogens with zero attached hydrogens (tertiary/aromatic N) is 2. The molecular formula is C15H26N4O. The van der Waals surface area contributed by atoms with Crippen LogP contribution < -0.4 is 5.32 Å². The van der Waals surface area contributed by atoms with Crippen LogP contribution in [0.2, 0.25) is 0 Å². The summed E-state index contributed by atoms with van der Waals surface area (Å²) in [6.07, 6.45) is 7.14. The number of H-pyrrole nitrogens is 1. The summed E-state index contributed by atoms with van der Waals surface area (Å²) in [6, 6.07) is 0. The Labute approximate surface area is 121 Å². The first-order chi connectivity index (χ1) is 9.71. The number of unbranched alkanes of at least 4 members (excludes halogenated alkanes) is 1. The lowest BCUT2D eigenvalue weighted by Crippen LogP contribution is -2.24. The lowest BCUT2D eigenvalue weighted by atomic mass is 10.1. The van der Waals surface area contributed by atoms with E-state index in [2.05, 4.69) is 27.1 Å². The van der Waals surface area contributed by atoms with Gasteiger partial charge in [0.2, 0.25) is 5.91 Å². The molecule has 1 atom stereocenters. The van der Waals surface area contributed by atoms with Gasteiger partial charge in [-0.25, -0.2) is 4.98 Å². The summed E-state index contributed by atoms with van der Waals surface area (Å²) in [5, 5.41) is 2.71. The van der Waals surface area contributed by atoms with E-state index in [1.54, 1.807) is 7.05 Å². The lowest BCUT2D eigenvalue weighted by Gasteiger charge is -2.14. The summed E-state index contributed by atoms with van der Waals surface area (Å²) in [6.45, 7) is 5.20. The smallest absolute Gasteiger partial charge is 0.220 e. The molecule has 5 heteroatoms. The van der Waals surface area contributed by atoms with Gasteiger partial charge in [-0.2, -0.15) is 0 Å². The Bertz CT molecular complexity index is 429. The van der Waals surface area contributed by atoms with Crippen LogP contribution >= 0.6 is 0 Å². The highest BCUT2D eigenvalue weighted by atomic mass is 16.1. The molecule has 0 spiro atoms. The third kappa shape index (κ3) is 4.34. The van der Waals surface area contributed by atoms with Crippen molar-refractivity contribution in [3.8, 4) is 0 Å². The predicted molar refractivity (Wildman–Crippen MR) is 79.3 cm³/mol. The van der Waals surface area contributed by atoms with Crippen LogP contribution in [0, 0.1) is 5.92 Å². The Balaban J connectivity index is 1.77. The second-order valence-electron chi connectivity index (χ2n) is 5.73. The molecule has 1 amide bonds. The highest BCUT2D eigenvalue weighted by Crippen LogP contribution is 2.21. The van der Waals surface area contributed by atoms with Gasteiger partial charge in [0, 0.05) is 44.9 Å². The van der Waals surface area contributed by atoms with Crippen molar-refractivity contribution in [1.29, 1.82) is 0 Å². The minimum Gasteiger partial charge on any atom is -0.359 e. The molecule has 1 fully saturated rings. The van der Waals surface area contributed by atoms with Crippen LogP contribution in [0.4, 0.5) is 0 Å². The Kier molecular flexibility index (Phi) is 5.59. The number of nitrogens with one attached hydrogen (secondary N) is 2. The quantitative estimate of drug-likeness (QED) is 0.798. The molecule has 5 nitrogen and oxygen atoms in total. The Morgan fingerprint density at radius 3 is 3.20 bits per heavy atom. The third-order valence-electron chi connectivity index (χ3n) is 3.97. The number of carbonyl (C=O) groups excluding carboxylic acids is 1. The number of amides is 1. The average Bonchev–Trinajstić information content (AvgIpc) is 3.06. The minimum atomic E-state index is 0.153. The fourth-order valence-corrected chi connectivity index (χ4v) is 2.79. The maximum Gasteiger partial charge on any atom is 0.220 e. The van der Waals surface area contributed by atoms with Crippen LogP contribution in [0.1, 0.15) is 44.1 Å². The van der Waals surface area contributed by atoms with Crippen molar-refractivity contribution < 1.29 is 4.79 Å². The van der Waals surface area contributed by atoms with Gasteiger partial charge in [0.05, 0.1) is 0 Å². The van der Waals surface area contributed by atoms with Crippen molar-refractivity contribution in [2.75, 3.05) is 20.1 Å². The van der Waals surface area contributed by atoms with Gasteiger partial charge in [0.25, 0.3) is 0 Å². The van der Waals surface area contributed by atoms with Gasteiger partial charge in [-0.1, -0.05) is 13.3 Å². The Hall–Kier alpha value is -1.36. The summed E-state index contributed by atoms with van der Waals surface area (Å²) >= 11 is 0. The van der Waals surface area contributed by atoms with Gasteiger partial charge in [0.1, 0.15) is 5.82 Å². The van der Waals surface area contributed by atoms with Gasteiger partial charge in [-0.05, 0) is 25.3 Å². The highest BCUT2D eigenvalue weighted by Gasteiger charge is 2.24. The van der Waals surface area contributed by atoms with E-state index in [1.165, 1.54) is 18.5 Å². The van der Waals surface area contributed by atoms with Crippen LogP contribution in [0.15, 0.2) is 6.20 Å². The van der Waals surface area contributed by atoms with Crippen LogP contribution in [-0.2, 0) is 17.8 Å². The molecule has 1 aliphatic rings. The summed E-state index contributed by atoms with van der Waals surface area (Å²) in [5.74, 6) is 1.75. The molecule has 2 N–H and O–H groups in total. The molecule has 1 aromatic heterocycles. The van der Waals surface area contributed by atoms with Gasteiger partial charge in [-0.15, -0.1) is 0 Å². The van der Waals surface area contributed by atoms with E-state index in [-0.39, 0.29) is 5.91 Å². The first-order valence-corrected chi connectivity index (χ1v) is 7.67. The van der Waals surface area contributed by atoms with Gasteiger partial charge in [0.15, 0.2) is 0 Å². The number of hydrogen-bond donors (Lipinski definition) is 2. The standard InChI is InChI=1S/C15H26N4O/c1-3-4-5-14-17-9-13(18-14)11-19-7-6-12(10-19)8-15(20)16-2/h9,12H,3-8,10-11H2,1-2H3,(H,16,20)(H,17,18)/t12-/m0/s1. The molecule has 112 valence electrons. The van der Waals surface area contributed by atoms with Crippen molar-refractivity contribution in [2.24, 2.45) is 5.92 Å². The average molecular weight is 278 g/mol. The Morgan fingerprint density at radius 2 is 2.45 bits per heavy atom. The molecule has 0 saturated carbocycles. The lowest BCUT2D eigenvalue weighted by molar-refractivity contribution is -0.121. The largest absolute Gasteiger partial charge is 0.359 e. The zero-order chi connectivity index (χ0) is 14.4. The zero-order valence-electron chi connectivity index (χ0n) is 12.6. The number of aromatic amines is 1. The number of likely N-dealkylation sites (tertiary alicyclic amines) is 1. The second kappa shape index (κ2) is 7.43. The number of aryl methyl sites for hydroxylation is 1. The van der Waals surface area contributed by atoms with Crippen molar-refractivity contribution >= 4 is 5.91 Å². The summed E-state index contributed by atoms with van der Waals surface area (Å²) < 4.78 is 0. The fourth-order valence-electron chi connectivity index (χ4n) is 2.79.